The van der Waals surface area contributed by atoms with Crippen molar-refractivity contribution < 1.29 is 22.5 Å². The first kappa shape index (κ1) is 22.3. The predicted octanol–water partition coefficient (Wildman–Crippen LogP) is 3.00. The van der Waals surface area contributed by atoms with Crippen molar-refractivity contribution in [2.24, 2.45) is 0 Å². The molecule has 9 nitrogen and oxygen atoms in total. The van der Waals surface area contributed by atoms with Crippen LogP contribution < -0.4 is 14.4 Å². The van der Waals surface area contributed by atoms with Crippen molar-refractivity contribution >= 4 is 33.2 Å². The lowest BCUT2D eigenvalue weighted by Crippen LogP contribution is -2.38. The van der Waals surface area contributed by atoms with Crippen LogP contribution in [0.25, 0.3) is 0 Å². The smallest absolute Gasteiger partial charge is 0.265 e. The summed E-state index contributed by atoms with van der Waals surface area (Å²) in [5, 5.41) is 4.37. The number of hydrogen-bond acceptors (Lipinski definition) is 7. The number of carbonyl (C=O) groups is 1. The molecule has 0 saturated heterocycles. The van der Waals surface area contributed by atoms with E-state index >= 15 is 0 Å². The van der Waals surface area contributed by atoms with Crippen molar-refractivity contribution in [1.82, 2.24) is 14.9 Å². The quantitative estimate of drug-likeness (QED) is 0.557. The Labute approximate surface area is 190 Å². The van der Waals surface area contributed by atoms with E-state index in [1.54, 1.807) is 37.3 Å². The van der Waals surface area contributed by atoms with Crippen LogP contribution in [-0.4, -0.2) is 31.1 Å². The maximum absolute atomic E-state index is 13.0. The number of hydrogen-bond donors (Lipinski definition) is 1. The summed E-state index contributed by atoms with van der Waals surface area (Å²) in [6.07, 6.45) is 0.585. The number of benzene rings is 2. The van der Waals surface area contributed by atoms with Gasteiger partial charge >= 0.3 is 0 Å². The molecule has 1 amide bonds. The molecule has 4 rings (SSSR count). The highest BCUT2D eigenvalue weighted by atomic mass is 35.5. The number of amides is 1. The summed E-state index contributed by atoms with van der Waals surface area (Å²) in [4.78, 5) is 18.3. The fourth-order valence-electron chi connectivity index (χ4n) is 3.33. The minimum Gasteiger partial charge on any atom is -0.482 e. The first-order valence-electron chi connectivity index (χ1n) is 9.91. The molecule has 11 heteroatoms. The van der Waals surface area contributed by atoms with Crippen LogP contribution in [0.3, 0.4) is 0 Å². The largest absolute Gasteiger partial charge is 0.482 e. The van der Waals surface area contributed by atoms with Crippen molar-refractivity contribution in [2.45, 2.75) is 38.3 Å². The molecule has 0 radical (unpaired) electrons. The molecule has 0 atom stereocenters. The van der Waals surface area contributed by atoms with Crippen molar-refractivity contribution in [3.63, 3.8) is 0 Å². The Bertz CT molecular complexity index is 1270. The first-order chi connectivity index (χ1) is 15.3. The molecular formula is C21H21ClN4O5S. The van der Waals surface area contributed by atoms with Gasteiger partial charge in [-0.2, -0.15) is 4.98 Å². The monoisotopic (exact) mass is 476 g/mol. The van der Waals surface area contributed by atoms with Gasteiger partial charge in [-0.25, -0.2) is 13.1 Å². The van der Waals surface area contributed by atoms with Gasteiger partial charge in [0.05, 0.1) is 17.1 Å². The molecule has 1 aliphatic heterocycles. The van der Waals surface area contributed by atoms with Gasteiger partial charge in [-0.3, -0.25) is 9.69 Å². The van der Waals surface area contributed by atoms with Gasteiger partial charge in [0.2, 0.25) is 15.9 Å². The molecule has 1 N–H and O–H groups in total. The van der Waals surface area contributed by atoms with Crippen LogP contribution in [0.1, 0.15) is 29.8 Å². The highest BCUT2D eigenvalue weighted by molar-refractivity contribution is 7.89. The van der Waals surface area contributed by atoms with Crippen LogP contribution in [0.2, 0.25) is 5.02 Å². The van der Waals surface area contributed by atoms with Crippen LogP contribution in [0.15, 0.2) is 45.8 Å². The van der Waals surface area contributed by atoms with Crippen LogP contribution in [-0.2, 0) is 34.3 Å². The number of aromatic nitrogens is 2. The lowest BCUT2D eigenvalue weighted by atomic mass is 10.1. The Morgan fingerprint density at radius 2 is 2.03 bits per heavy atom. The molecule has 0 unspecified atom stereocenters. The normalized spacial score (nSPS) is 13.7. The van der Waals surface area contributed by atoms with Crippen LogP contribution in [0.5, 0.6) is 5.75 Å². The van der Waals surface area contributed by atoms with Crippen LogP contribution >= 0.6 is 11.6 Å². The third kappa shape index (κ3) is 4.47. The van der Waals surface area contributed by atoms with Crippen molar-refractivity contribution in [3.05, 3.63) is 64.3 Å². The molecule has 0 spiro atoms. The van der Waals surface area contributed by atoms with Crippen LogP contribution in [0, 0.1) is 6.92 Å². The SMILES string of the molecule is CCc1nc(CN2C(=O)COc3cc(S(=O)(=O)NCc4ccccc4Cl)c(C)cc32)no1. The van der Waals surface area contributed by atoms with E-state index in [2.05, 4.69) is 14.9 Å². The van der Waals surface area contributed by atoms with E-state index < -0.39 is 10.0 Å². The fourth-order valence-corrected chi connectivity index (χ4v) is 4.78. The van der Waals surface area contributed by atoms with Gasteiger partial charge in [0.25, 0.3) is 5.91 Å². The Balaban J connectivity index is 1.61. The molecule has 0 bridgehead atoms. The number of ether oxygens (including phenoxy) is 1. The number of nitrogens with one attached hydrogen (secondary N) is 1. The molecule has 1 aliphatic rings. The van der Waals surface area contributed by atoms with Gasteiger partial charge in [-0.15, -0.1) is 0 Å². The summed E-state index contributed by atoms with van der Waals surface area (Å²) in [7, 11) is -3.86. The topological polar surface area (TPSA) is 115 Å². The second-order valence-electron chi connectivity index (χ2n) is 7.23. The summed E-state index contributed by atoms with van der Waals surface area (Å²) in [6, 6.07) is 10.0. The number of aryl methyl sites for hydroxylation is 2. The molecule has 2 aromatic carbocycles. The number of sulfonamides is 1. The average Bonchev–Trinajstić information content (AvgIpc) is 3.23. The van der Waals surface area contributed by atoms with E-state index in [4.69, 9.17) is 20.9 Å². The summed E-state index contributed by atoms with van der Waals surface area (Å²) in [5.41, 5.74) is 1.57. The van der Waals surface area contributed by atoms with Crippen molar-refractivity contribution in [1.29, 1.82) is 0 Å². The minimum absolute atomic E-state index is 0.0432. The Morgan fingerprint density at radius 3 is 2.75 bits per heavy atom. The van der Waals surface area contributed by atoms with E-state index in [9.17, 15) is 13.2 Å². The summed E-state index contributed by atoms with van der Waals surface area (Å²) in [6.45, 7) is 3.46. The Hall–Kier alpha value is -2.95. The molecule has 168 valence electrons. The maximum Gasteiger partial charge on any atom is 0.265 e. The first-order valence-corrected chi connectivity index (χ1v) is 11.8. The number of rotatable bonds is 7. The van der Waals surface area contributed by atoms with Gasteiger partial charge in [0, 0.05) is 24.1 Å². The zero-order valence-electron chi connectivity index (χ0n) is 17.5. The summed E-state index contributed by atoms with van der Waals surface area (Å²) >= 11 is 6.12. The highest BCUT2D eigenvalue weighted by Crippen LogP contribution is 2.37. The third-order valence-electron chi connectivity index (χ3n) is 5.01. The number of anilines is 1. The maximum atomic E-state index is 13.0. The van der Waals surface area contributed by atoms with E-state index in [0.717, 1.165) is 0 Å². The van der Waals surface area contributed by atoms with Gasteiger partial charge in [0.1, 0.15) is 5.75 Å². The Morgan fingerprint density at radius 1 is 1.25 bits per heavy atom. The summed E-state index contributed by atoms with van der Waals surface area (Å²) < 4.78 is 39.2. The molecule has 32 heavy (non-hydrogen) atoms. The van der Waals surface area contributed by atoms with E-state index in [1.165, 1.54) is 11.0 Å². The van der Waals surface area contributed by atoms with Gasteiger partial charge in [-0.1, -0.05) is 41.9 Å². The van der Waals surface area contributed by atoms with Crippen molar-refractivity contribution in [2.75, 3.05) is 11.5 Å². The summed E-state index contributed by atoms with van der Waals surface area (Å²) in [5.74, 6) is 0.835. The molecular weight excluding hydrogens is 456 g/mol. The molecule has 2 heterocycles. The second-order valence-corrected chi connectivity index (χ2v) is 9.37. The molecule has 3 aromatic rings. The van der Waals surface area contributed by atoms with Crippen molar-refractivity contribution in [3.8, 4) is 5.75 Å². The lowest BCUT2D eigenvalue weighted by Gasteiger charge is -2.29. The minimum atomic E-state index is -3.86. The molecule has 0 fully saturated rings. The number of fused-ring (bicyclic) bond motifs is 1. The predicted molar refractivity (Wildman–Crippen MR) is 117 cm³/mol. The van der Waals surface area contributed by atoms with Crippen LogP contribution in [0.4, 0.5) is 5.69 Å². The highest BCUT2D eigenvalue weighted by Gasteiger charge is 2.30. The van der Waals surface area contributed by atoms with Gasteiger partial charge < -0.3 is 9.26 Å². The van der Waals surface area contributed by atoms with E-state index in [-0.39, 0.29) is 36.2 Å². The second kappa shape index (κ2) is 8.89. The molecule has 0 aliphatic carbocycles. The van der Waals surface area contributed by atoms with E-state index in [1.807, 2.05) is 6.92 Å². The zero-order valence-corrected chi connectivity index (χ0v) is 19.0. The lowest BCUT2D eigenvalue weighted by molar-refractivity contribution is -0.121. The Kier molecular flexibility index (Phi) is 6.18. The molecule has 0 saturated carbocycles. The van der Waals surface area contributed by atoms with Gasteiger partial charge in [0.15, 0.2) is 12.4 Å². The average molecular weight is 477 g/mol. The third-order valence-corrected chi connectivity index (χ3v) is 6.92. The zero-order chi connectivity index (χ0) is 22.9. The standard InChI is InChI=1S/C21H21ClN4O5S/c1-3-20-24-19(25-31-20)11-26-16-8-13(2)18(9-17(16)30-12-21(26)27)32(28,29)23-10-14-6-4-5-7-15(14)22/h4-9,23H,3,10-12H2,1-2H3. The van der Waals surface area contributed by atoms with Gasteiger partial charge in [-0.05, 0) is 30.2 Å². The van der Waals surface area contributed by atoms with E-state index in [0.29, 0.717) is 40.0 Å². The molecule has 1 aromatic heterocycles. The fraction of sp³-hybridized carbons (Fsp3) is 0.286. The number of nitrogens with zero attached hydrogens (tertiary/aromatic N) is 3. The number of halogens is 1. The number of carbonyl (C=O) groups excluding carboxylic acids is 1.